The number of imide groups is 1. The number of ketones is 1. The summed E-state index contributed by atoms with van der Waals surface area (Å²) >= 11 is 9.41. The van der Waals surface area contributed by atoms with E-state index < -0.39 is 23.7 Å². The number of nitrogens with zero attached hydrogens (tertiary/aromatic N) is 2. The van der Waals surface area contributed by atoms with Crippen molar-refractivity contribution in [2.75, 3.05) is 10.8 Å². The van der Waals surface area contributed by atoms with E-state index in [0.717, 1.165) is 23.7 Å². The van der Waals surface area contributed by atoms with Crippen LogP contribution < -0.4 is 4.90 Å². The van der Waals surface area contributed by atoms with Gasteiger partial charge in [0.25, 0.3) is 0 Å². The van der Waals surface area contributed by atoms with Crippen LogP contribution in [0.15, 0.2) is 77.3 Å². The van der Waals surface area contributed by atoms with Gasteiger partial charge in [-0.25, -0.2) is 14.2 Å². The van der Waals surface area contributed by atoms with E-state index in [4.69, 9.17) is 21.3 Å². The van der Waals surface area contributed by atoms with Gasteiger partial charge in [-0.3, -0.25) is 19.3 Å². The van der Waals surface area contributed by atoms with Gasteiger partial charge < -0.3 is 4.74 Å². The standard InChI is InChI=1S/C35H27BrClFN2O5/c36-22-7-12-27-25(16-22)26(35(44)45-29(13-14-37)32(41)19-3-8-23(38)9-4-19)17-28(39-27)18-5-10-24(11-6-18)40-33(42)30-20-1-2-21(15-20)31(30)34(40)43/h3-12,16-17,20-21,29-31H,1-2,13-15H2/t20-,21-,29-,30-,31+/m0/s1. The van der Waals surface area contributed by atoms with Crippen LogP contribution in [0.2, 0.25) is 0 Å². The first kappa shape index (κ1) is 29.7. The molecule has 2 saturated carbocycles. The molecule has 1 saturated heterocycles. The highest BCUT2D eigenvalue weighted by Gasteiger charge is 2.61. The molecule has 3 fully saturated rings. The zero-order valence-electron chi connectivity index (χ0n) is 23.9. The number of esters is 1. The van der Waals surface area contributed by atoms with E-state index in [1.165, 1.54) is 29.2 Å². The Morgan fingerprint density at radius 1 is 0.956 bits per heavy atom. The summed E-state index contributed by atoms with van der Waals surface area (Å²) in [6, 6.07) is 19.0. The van der Waals surface area contributed by atoms with Crippen LogP contribution in [0.1, 0.15) is 46.4 Å². The smallest absolute Gasteiger partial charge is 0.339 e. The van der Waals surface area contributed by atoms with Crippen molar-refractivity contribution >= 4 is 67.7 Å². The summed E-state index contributed by atoms with van der Waals surface area (Å²) < 4.78 is 19.9. The Bertz CT molecular complexity index is 1840. The molecule has 2 amide bonds. The van der Waals surface area contributed by atoms with E-state index in [1.54, 1.807) is 48.5 Å². The molecule has 228 valence electrons. The van der Waals surface area contributed by atoms with E-state index in [9.17, 15) is 23.6 Å². The fourth-order valence-corrected chi connectivity index (χ4v) is 7.85. The number of hydrogen-bond donors (Lipinski definition) is 0. The van der Waals surface area contributed by atoms with Gasteiger partial charge in [-0.15, -0.1) is 11.6 Å². The molecular formula is C35H27BrClFN2O5. The number of hydrogen-bond acceptors (Lipinski definition) is 6. The lowest BCUT2D eigenvalue weighted by Crippen LogP contribution is -2.32. The minimum atomic E-state index is -1.18. The van der Waals surface area contributed by atoms with Crippen molar-refractivity contribution < 1.29 is 28.3 Å². The van der Waals surface area contributed by atoms with Crippen molar-refractivity contribution in [2.24, 2.45) is 23.7 Å². The molecule has 10 heteroatoms. The van der Waals surface area contributed by atoms with Crippen LogP contribution >= 0.6 is 27.5 Å². The summed E-state index contributed by atoms with van der Waals surface area (Å²) in [5, 5.41) is 0.517. The summed E-state index contributed by atoms with van der Waals surface area (Å²) in [6.07, 6.45) is 1.89. The van der Waals surface area contributed by atoms with Crippen LogP contribution in [0.4, 0.5) is 10.1 Å². The molecule has 2 aliphatic carbocycles. The van der Waals surface area contributed by atoms with Crippen molar-refractivity contribution in [3.05, 3.63) is 94.2 Å². The first-order valence-corrected chi connectivity index (χ1v) is 16.2. The molecule has 7 nitrogen and oxygen atoms in total. The Morgan fingerprint density at radius 3 is 2.27 bits per heavy atom. The molecule has 5 atom stereocenters. The molecular weight excluding hydrogens is 663 g/mol. The maximum absolute atomic E-state index is 13.7. The maximum atomic E-state index is 13.7. The van der Waals surface area contributed by atoms with Crippen LogP contribution in [-0.2, 0) is 14.3 Å². The third-order valence-electron chi connectivity index (χ3n) is 9.38. The van der Waals surface area contributed by atoms with Crippen LogP contribution in [0.5, 0.6) is 0 Å². The predicted octanol–water partition coefficient (Wildman–Crippen LogP) is 7.38. The van der Waals surface area contributed by atoms with E-state index in [0.29, 0.717) is 39.7 Å². The predicted molar refractivity (Wildman–Crippen MR) is 170 cm³/mol. The van der Waals surface area contributed by atoms with Gasteiger partial charge in [0.15, 0.2) is 6.10 Å². The van der Waals surface area contributed by atoms with Crippen LogP contribution in [0.25, 0.3) is 22.2 Å². The number of benzene rings is 3. The second-order valence-electron chi connectivity index (χ2n) is 11.9. The molecule has 1 aliphatic heterocycles. The average molecular weight is 690 g/mol. The first-order chi connectivity index (χ1) is 21.7. The molecule has 45 heavy (non-hydrogen) atoms. The second-order valence-corrected chi connectivity index (χ2v) is 13.2. The number of anilines is 1. The normalized spacial score (nSPS) is 22.6. The van der Waals surface area contributed by atoms with Gasteiger partial charge in [0.1, 0.15) is 5.82 Å². The molecule has 7 rings (SSSR count). The molecule has 1 aromatic heterocycles. The van der Waals surface area contributed by atoms with Crippen molar-refractivity contribution in [1.29, 1.82) is 0 Å². The van der Waals surface area contributed by atoms with E-state index in [1.807, 2.05) is 0 Å². The average Bonchev–Trinajstić information content (AvgIpc) is 3.73. The van der Waals surface area contributed by atoms with E-state index in [2.05, 4.69) is 15.9 Å². The van der Waals surface area contributed by atoms with Crippen LogP contribution in [-0.4, -0.2) is 40.5 Å². The van der Waals surface area contributed by atoms with Crippen molar-refractivity contribution in [1.82, 2.24) is 4.98 Å². The summed E-state index contributed by atoms with van der Waals surface area (Å²) in [4.78, 5) is 59.6. The Labute approximate surface area is 271 Å². The SMILES string of the molecule is O=C(O[C@@H](CCCl)C(=O)c1ccc(F)cc1)c1cc(-c2ccc(N3C(=O)[C@@H]4[C@H]5CC[C@@H](C5)[C@@H]4C3=O)cc2)nc2ccc(Br)cc12. The molecule has 4 aromatic rings. The number of aromatic nitrogens is 1. The van der Waals surface area contributed by atoms with Gasteiger partial charge in [-0.2, -0.15) is 0 Å². The number of amides is 2. The minimum Gasteiger partial charge on any atom is -0.450 e. The summed E-state index contributed by atoms with van der Waals surface area (Å²) in [5.41, 5.74) is 2.58. The number of carbonyl (C=O) groups is 4. The number of halogens is 3. The topological polar surface area (TPSA) is 93.6 Å². The lowest BCUT2D eigenvalue weighted by atomic mass is 9.81. The lowest BCUT2D eigenvalue weighted by Gasteiger charge is -2.19. The van der Waals surface area contributed by atoms with Gasteiger partial charge in [-0.1, -0.05) is 28.1 Å². The summed E-state index contributed by atoms with van der Waals surface area (Å²) in [7, 11) is 0. The molecule has 0 spiro atoms. The van der Waals surface area contributed by atoms with Gasteiger partial charge in [0.2, 0.25) is 17.6 Å². The molecule has 2 bridgehead atoms. The lowest BCUT2D eigenvalue weighted by molar-refractivity contribution is -0.123. The second kappa shape index (κ2) is 11.8. The summed E-state index contributed by atoms with van der Waals surface area (Å²) in [5.74, 6) is -1.66. The van der Waals surface area contributed by atoms with Gasteiger partial charge >= 0.3 is 5.97 Å². The monoisotopic (exact) mass is 688 g/mol. The Morgan fingerprint density at radius 2 is 1.62 bits per heavy atom. The Hall–Kier alpha value is -3.95. The fraction of sp³-hybridized carbons (Fsp3) is 0.286. The van der Waals surface area contributed by atoms with Crippen molar-refractivity contribution in [2.45, 2.75) is 31.8 Å². The quantitative estimate of drug-likeness (QED) is 0.0830. The first-order valence-electron chi connectivity index (χ1n) is 14.9. The van der Waals surface area contributed by atoms with Gasteiger partial charge in [0, 0.05) is 33.3 Å². The Balaban J connectivity index is 1.19. The molecule has 0 unspecified atom stereocenters. The number of alkyl halides is 1. The maximum Gasteiger partial charge on any atom is 0.339 e. The molecule has 0 radical (unpaired) electrons. The van der Waals surface area contributed by atoms with Gasteiger partial charge in [0.05, 0.1) is 34.3 Å². The number of ether oxygens (including phenoxy) is 1. The highest BCUT2D eigenvalue weighted by atomic mass is 79.9. The van der Waals surface area contributed by atoms with Crippen molar-refractivity contribution in [3.8, 4) is 11.3 Å². The number of pyridine rings is 1. The number of fused-ring (bicyclic) bond motifs is 6. The van der Waals surface area contributed by atoms with Gasteiger partial charge in [-0.05, 0) is 91.8 Å². The fourth-order valence-electron chi connectivity index (χ4n) is 7.29. The number of rotatable bonds is 8. The molecule has 0 N–H and O–H groups in total. The third kappa shape index (κ3) is 5.25. The number of Topliss-reactive ketones (excluding diaryl/α,β-unsaturated/α-hetero) is 1. The molecule has 3 aliphatic rings. The van der Waals surface area contributed by atoms with Crippen LogP contribution in [0, 0.1) is 29.5 Å². The zero-order chi connectivity index (χ0) is 31.4. The van der Waals surface area contributed by atoms with E-state index in [-0.39, 0.29) is 47.1 Å². The van der Waals surface area contributed by atoms with Crippen molar-refractivity contribution in [3.63, 3.8) is 0 Å². The molecule has 3 aromatic carbocycles. The minimum absolute atomic E-state index is 0.0654. The van der Waals surface area contributed by atoms with Crippen LogP contribution in [0.3, 0.4) is 0 Å². The number of carbonyl (C=O) groups excluding carboxylic acids is 4. The largest absolute Gasteiger partial charge is 0.450 e. The Kier molecular flexibility index (Phi) is 7.78. The summed E-state index contributed by atoms with van der Waals surface area (Å²) in [6.45, 7) is 0. The van der Waals surface area contributed by atoms with E-state index >= 15 is 0 Å². The third-order valence-corrected chi connectivity index (χ3v) is 10.1. The highest BCUT2D eigenvalue weighted by molar-refractivity contribution is 9.10. The molecule has 2 heterocycles. The zero-order valence-corrected chi connectivity index (χ0v) is 26.3. The highest BCUT2D eigenvalue weighted by Crippen LogP contribution is 2.56.